The monoisotopic (exact) mass is 531 g/mol. The van der Waals surface area contributed by atoms with Crippen LogP contribution in [0.3, 0.4) is 0 Å². The fourth-order valence-electron chi connectivity index (χ4n) is 6.49. The Morgan fingerprint density at radius 2 is 1.85 bits per heavy atom. The number of aromatic nitrogens is 4. The molecule has 2 aliphatic rings. The van der Waals surface area contributed by atoms with Crippen molar-refractivity contribution in [3.63, 3.8) is 0 Å². The van der Waals surface area contributed by atoms with Gasteiger partial charge in [0.25, 0.3) is 0 Å². The Balaban J connectivity index is 1.32. The van der Waals surface area contributed by atoms with E-state index in [0.29, 0.717) is 11.4 Å². The van der Waals surface area contributed by atoms with Crippen molar-refractivity contribution in [2.45, 2.75) is 50.7 Å². The van der Waals surface area contributed by atoms with E-state index in [-0.39, 0.29) is 30.1 Å². The third-order valence-corrected chi connectivity index (χ3v) is 8.15. The number of fused-ring (bicyclic) bond motifs is 2. The maximum atomic E-state index is 14.2. The van der Waals surface area contributed by atoms with Gasteiger partial charge in [-0.15, -0.1) is 0 Å². The number of rotatable bonds is 6. The topological polar surface area (TPSA) is 80.0 Å². The molecular formula is C29H31F2N7O. The van der Waals surface area contributed by atoms with E-state index >= 15 is 0 Å². The molecule has 10 heteroatoms. The second-order valence-electron chi connectivity index (χ2n) is 10.3. The molecule has 2 aromatic carbocycles. The number of benzene rings is 2. The summed E-state index contributed by atoms with van der Waals surface area (Å²) in [5.41, 5.74) is 3.89. The molecule has 0 radical (unpaired) electrons. The van der Waals surface area contributed by atoms with Crippen molar-refractivity contribution in [3.8, 4) is 16.9 Å². The molecule has 39 heavy (non-hydrogen) atoms. The van der Waals surface area contributed by atoms with Crippen LogP contribution >= 0.6 is 0 Å². The molecule has 4 aromatic rings. The van der Waals surface area contributed by atoms with Crippen LogP contribution in [0.5, 0.6) is 0 Å². The van der Waals surface area contributed by atoms with Gasteiger partial charge in [0.1, 0.15) is 11.5 Å². The van der Waals surface area contributed by atoms with E-state index in [9.17, 15) is 13.6 Å². The molecule has 2 aliphatic heterocycles. The number of anilines is 1. The molecule has 2 fully saturated rings. The third kappa shape index (κ3) is 4.38. The maximum Gasteiger partial charge on any atom is 0.320 e. The van der Waals surface area contributed by atoms with Crippen LogP contribution in [0.25, 0.3) is 16.9 Å². The summed E-state index contributed by atoms with van der Waals surface area (Å²) in [4.78, 5) is 16.0. The van der Waals surface area contributed by atoms with Crippen molar-refractivity contribution in [3.05, 3.63) is 83.7 Å². The largest absolute Gasteiger partial charge is 0.333 e. The Kier molecular flexibility index (Phi) is 6.42. The minimum absolute atomic E-state index is 0.120. The van der Waals surface area contributed by atoms with Gasteiger partial charge in [-0.25, -0.2) is 18.3 Å². The average Bonchev–Trinajstić information content (AvgIpc) is 3.69. The van der Waals surface area contributed by atoms with Gasteiger partial charge in [-0.3, -0.25) is 14.9 Å². The molecule has 2 amide bonds. The first-order chi connectivity index (χ1) is 18.9. The average molecular weight is 532 g/mol. The number of para-hydroxylation sites is 1. The minimum atomic E-state index is -0.870. The van der Waals surface area contributed by atoms with E-state index in [1.165, 1.54) is 12.1 Å². The van der Waals surface area contributed by atoms with Crippen molar-refractivity contribution in [2.75, 3.05) is 11.9 Å². The summed E-state index contributed by atoms with van der Waals surface area (Å²) in [6.45, 7) is 4.84. The summed E-state index contributed by atoms with van der Waals surface area (Å²) in [5, 5.41) is 15.4. The molecule has 2 saturated heterocycles. The number of likely N-dealkylation sites (N-methyl/N-ethyl adjacent to an activating group) is 1. The highest BCUT2D eigenvalue weighted by atomic mass is 19.2. The number of aryl methyl sites for hydroxylation is 1. The van der Waals surface area contributed by atoms with E-state index in [2.05, 4.69) is 27.6 Å². The van der Waals surface area contributed by atoms with Gasteiger partial charge < -0.3 is 5.32 Å². The lowest BCUT2D eigenvalue weighted by atomic mass is 9.80. The molecule has 2 bridgehead atoms. The summed E-state index contributed by atoms with van der Waals surface area (Å²) in [6, 6.07) is 13.4. The summed E-state index contributed by atoms with van der Waals surface area (Å²) in [5.74, 6) is -1.33. The first-order valence-corrected chi connectivity index (χ1v) is 13.3. The van der Waals surface area contributed by atoms with E-state index < -0.39 is 11.6 Å². The number of hydrogen-bond donors (Lipinski definition) is 2. The van der Waals surface area contributed by atoms with Crippen LogP contribution in [0, 0.1) is 18.6 Å². The first kappa shape index (κ1) is 25.2. The smallest absolute Gasteiger partial charge is 0.320 e. The predicted octanol–water partition coefficient (Wildman–Crippen LogP) is 5.00. The Morgan fingerprint density at radius 3 is 2.54 bits per heavy atom. The summed E-state index contributed by atoms with van der Waals surface area (Å²) >= 11 is 0. The van der Waals surface area contributed by atoms with Crippen LogP contribution in [0.2, 0.25) is 0 Å². The van der Waals surface area contributed by atoms with E-state index in [1.807, 2.05) is 50.5 Å². The van der Waals surface area contributed by atoms with Crippen LogP contribution in [-0.2, 0) is 7.05 Å². The number of urea groups is 1. The normalized spacial score (nSPS) is 22.4. The second-order valence-corrected chi connectivity index (χ2v) is 10.3. The van der Waals surface area contributed by atoms with Crippen molar-refractivity contribution in [2.24, 2.45) is 7.05 Å². The molecular weight excluding hydrogens is 500 g/mol. The van der Waals surface area contributed by atoms with Gasteiger partial charge in [0, 0.05) is 42.4 Å². The zero-order valence-corrected chi connectivity index (χ0v) is 22.1. The molecule has 0 saturated carbocycles. The Morgan fingerprint density at radius 1 is 1.08 bits per heavy atom. The fraction of sp³-hybridized carbons (Fsp3) is 0.345. The SMILES string of the molecule is CCN1C2CC[C@@H]1[C@@H](NC(=O)Nc1c(C)c(-c3cnn(C)c3)nn1-c1ccccc1)[C@@H]2c1ccc(F)c(F)c1. The van der Waals surface area contributed by atoms with Crippen LogP contribution < -0.4 is 10.6 Å². The summed E-state index contributed by atoms with van der Waals surface area (Å²) in [6.07, 6.45) is 5.52. The standard InChI is InChI=1S/C29H31F2N7O/c1-4-37-23-12-13-24(37)27(25(23)18-10-11-21(30)22(31)14-18)33-29(39)34-28-17(2)26(19-15-32-36(3)16-19)35-38(28)20-8-6-5-7-9-20/h5-11,14-16,23-25,27H,4,12-13H2,1-3H3,(H2,33,34,39)/t23?,24-,25-,27-/m1/s1. The second kappa shape index (κ2) is 9.92. The number of amides is 2. The molecule has 8 nitrogen and oxygen atoms in total. The van der Waals surface area contributed by atoms with Crippen molar-refractivity contribution in [1.82, 2.24) is 29.8 Å². The van der Waals surface area contributed by atoms with Crippen LogP contribution in [0.15, 0.2) is 60.9 Å². The number of carbonyl (C=O) groups is 1. The molecule has 0 spiro atoms. The summed E-state index contributed by atoms with van der Waals surface area (Å²) < 4.78 is 31.4. The van der Waals surface area contributed by atoms with Gasteiger partial charge in [-0.05, 0) is 56.1 Å². The molecule has 0 aliphatic carbocycles. The van der Waals surface area contributed by atoms with E-state index in [4.69, 9.17) is 5.10 Å². The first-order valence-electron chi connectivity index (χ1n) is 13.3. The Bertz CT molecular complexity index is 1520. The van der Waals surface area contributed by atoms with Gasteiger partial charge in [0.05, 0.1) is 17.9 Å². The maximum absolute atomic E-state index is 14.2. The highest BCUT2D eigenvalue weighted by Gasteiger charge is 2.53. The van der Waals surface area contributed by atoms with Crippen molar-refractivity contribution in [1.29, 1.82) is 0 Å². The quantitative estimate of drug-likeness (QED) is 0.367. The van der Waals surface area contributed by atoms with Crippen molar-refractivity contribution < 1.29 is 13.6 Å². The van der Waals surface area contributed by atoms with Gasteiger partial charge in [0.15, 0.2) is 11.6 Å². The van der Waals surface area contributed by atoms with E-state index in [1.54, 1.807) is 21.6 Å². The molecule has 1 unspecified atom stereocenters. The van der Waals surface area contributed by atoms with Gasteiger partial charge >= 0.3 is 6.03 Å². The van der Waals surface area contributed by atoms with Crippen molar-refractivity contribution >= 4 is 11.8 Å². The van der Waals surface area contributed by atoms with Gasteiger partial charge in [-0.2, -0.15) is 10.2 Å². The number of nitrogens with one attached hydrogen (secondary N) is 2. The lowest BCUT2D eigenvalue weighted by molar-refractivity contribution is 0.236. The molecule has 202 valence electrons. The lowest BCUT2D eigenvalue weighted by Gasteiger charge is -2.30. The molecule has 4 heterocycles. The number of carbonyl (C=O) groups excluding carboxylic acids is 1. The number of nitrogens with zero attached hydrogens (tertiary/aromatic N) is 5. The highest BCUT2D eigenvalue weighted by Crippen LogP contribution is 2.47. The fourth-order valence-corrected chi connectivity index (χ4v) is 6.49. The zero-order chi connectivity index (χ0) is 27.3. The summed E-state index contributed by atoms with van der Waals surface area (Å²) in [7, 11) is 1.85. The third-order valence-electron chi connectivity index (χ3n) is 8.15. The number of hydrogen-bond acceptors (Lipinski definition) is 4. The Labute approximate surface area is 225 Å². The van der Waals surface area contributed by atoms with Crippen LogP contribution in [-0.4, -0.2) is 55.2 Å². The molecule has 6 rings (SSSR count). The van der Waals surface area contributed by atoms with Crippen LogP contribution in [0.4, 0.5) is 19.4 Å². The highest BCUT2D eigenvalue weighted by molar-refractivity contribution is 5.91. The molecule has 2 N–H and O–H groups in total. The lowest BCUT2D eigenvalue weighted by Crippen LogP contribution is -2.48. The van der Waals surface area contributed by atoms with Gasteiger partial charge in [-0.1, -0.05) is 31.2 Å². The van der Waals surface area contributed by atoms with Crippen LogP contribution in [0.1, 0.15) is 36.8 Å². The minimum Gasteiger partial charge on any atom is -0.333 e. The predicted molar refractivity (Wildman–Crippen MR) is 145 cm³/mol. The van der Waals surface area contributed by atoms with E-state index in [0.717, 1.165) is 41.9 Å². The zero-order valence-electron chi connectivity index (χ0n) is 22.1. The Hall–Kier alpha value is -4.05. The van der Waals surface area contributed by atoms with Gasteiger partial charge in [0.2, 0.25) is 0 Å². The molecule has 4 atom stereocenters. The number of halogens is 2. The molecule has 2 aromatic heterocycles.